The van der Waals surface area contributed by atoms with Gasteiger partial charge in [-0.05, 0) is 50.5 Å². The molecule has 2 rings (SSSR count). The van der Waals surface area contributed by atoms with Crippen LogP contribution in [-0.2, 0) is 4.74 Å². The number of rotatable bonds is 6. The van der Waals surface area contributed by atoms with Gasteiger partial charge in [-0.25, -0.2) is 4.79 Å². The second kappa shape index (κ2) is 8.56. The van der Waals surface area contributed by atoms with Crippen molar-refractivity contribution in [3.63, 3.8) is 0 Å². The summed E-state index contributed by atoms with van der Waals surface area (Å²) in [5.41, 5.74) is 1.39. The van der Waals surface area contributed by atoms with Crippen molar-refractivity contribution in [2.75, 3.05) is 6.61 Å². The van der Waals surface area contributed by atoms with Gasteiger partial charge in [0.25, 0.3) is 0 Å². The van der Waals surface area contributed by atoms with Crippen LogP contribution in [0.5, 0.6) is 5.75 Å². The Morgan fingerprint density at radius 3 is 2.36 bits per heavy atom. The zero-order valence-electron chi connectivity index (χ0n) is 15.4. The summed E-state index contributed by atoms with van der Waals surface area (Å²) in [6.45, 7) is 8.29. The van der Waals surface area contributed by atoms with Crippen LogP contribution in [0.2, 0.25) is 0 Å². The van der Waals surface area contributed by atoms with Crippen LogP contribution in [0, 0.1) is 0 Å². The lowest BCUT2D eigenvalue weighted by molar-refractivity contribution is 0.0512. The summed E-state index contributed by atoms with van der Waals surface area (Å²) in [6, 6.07) is 17.3. The van der Waals surface area contributed by atoms with Gasteiger partial charge in [0.2, 0.25) is 0 Å². The molecule has 0 fully saturated rings. The maximum absolute atomic E-state index is 12.3. The first-order valence-corrected chi connectivity index (χ1v) is 8.66. The van der Waals surface area contributed by atoms with Gasteiger partial charge >= 0.3 is 6.09 Å². The lowest BCUT2D eigenvalue weighted by atomic mass is 9.98. The average molecular weight is 341 g/mol. The minimum Gasteiger partial charge on any atom is -0.494 e. The first kappa shape index (κ1) is 18.8. The summed E-state index contributed by atoms with van der Waals surface area (Å²) in [4.78, 5) is 12.3. The van der Waals surface area contributed by atoms with E-state index < -0.39 is 11.7 Å². The Balaban J connectivity index is 2.27. The van der Waals surface area contributed by atoms with E-state index in [2.05, 4.69) is 12.2 Å². The highest BCUT2D eigenvalue weighted by molar-refractivity contribution is 5.69. The average Bonchev–Trinajstić information content (AvgIpc) is 2.57. The van der Waals surface area contributed by atoms with Gasteiger partial charge in [0.1, 0.15) is 11.4 Å². The Kier molecular flexibility index (Phi) is 6.45. The maximum Gasteiger partial charge on any atom is 0.408 e. The summed E-state index contributed by atoms with van der Waals surface area (Å²) in [5.74, 6) is 0.797. The van der Waals surface area contributed by atoms with E-state index in [1.54, 1.807) is 0 Å². The van der Waals surface area contributed by atoms with Crippen LogP contribution >= 0.6 is 0 Å². The van der Waals surface area contributed by atoms with Crippen molar-refractivity contribution < 1.29 is 14.3 Å². The number of amides is 1. The number of alkyl carbamates (subject to hydrolysis) is 1. The molecule has 0 saturated heterocycles. The van der Waals surface area contributed by atoms with Crippen LogP contribution in [0.1, 0.15) is 51.3 Å². The summed E-state index contributed by atoms with van der Waals surface area (Å²) in [7, 11) is 0. The van der Waals surface area contributed by atoms with E-state index in [4.69, 9.17) is 9.47 Å². The van der Waals surface area contributed by atoms with Crippen molar-refractivity contribution in [3.05, 3.63) is 65.7 Å². The number of nitrogens with one attached hydrogen (secondary N) is 1. The van der Waals surface area contributed by atoms with E-state index in [-0.39, 0.29) is 6.04 Å². The number of ether oxygens (including phenoxy) is 2. The van der Waals surface area contributed by atoms with E-state index in [1.165, 1.54) is 0 Å². The van der Waals surface area contributed by atoms with Gasteiger partial charge in [-0.2, -0.15) is 0 Å². The van der Waals surface area contributed by atoms with Crippen LogP contribution in [0.3, 0.4) is 0 Å². The van der Waals surface area contributed by atoms with Gasteiger partial charge in [-0.3, -0.25) is 0 Å². The zero-order valence-corrected chi connectivity index (χ0v) is 15.4. The lowest BCUT2D eigenvalue weighted by Gasteiger charge is -2.24. The fraction of sp³-hybridized carbons (Fsp3) is 0.381. The normalized spacial score (nSPS) is 12.3. The number of carbonyl (C=O) groups is 1. The Bertz CT molecular complexity index is 677. The minimum atomic E-state index is -0.544. The molecule has 0 radical (unpaired) electrons. The third kappa shape index (κ3) is 6.14. The van der Waals surface area contributed by atoms with Crippen LogP contribution in [0.15, 0.2) is 54.6 Å². The van der Waals surface area contributed by atoms with E-state index in [1.807, 2.05) is 75.4 Å². The van der Waals surface area contributed by atoms with Crippen LogP contribution in [0.25, 0.3) is 0 Å². The molecule has 0 aromatic heterocycles. The SMILES string of the molecule is CCCOc1cccc(C(NC(=O)OC(C)(C)C)c2ccccc2)c1. The van der Waals surface area contributed by atoms with Crippen LogP contribution in [0.4, 0.5) is 4.79 Å². The Morgan fingerprint density at radius 2 is 1.72 bits per heavy atom. The molecule has 0 aliphatic carbocycles. The second-order valence-corrected chi connectivity index (χ2v) is 6.91. The molecule has 1 unspecified atom stereocenters. The molecule has 0 spiro atoms. The zero-order chi connectivity index (χ0) is 18.3. The lowest BCUT2D eigenvalue weighted by Crippen LogP contribution is -2.35. The van der Waals surface area contributed by atoms with E-state index in [0.717, 1.165) is 23.3 Å². The predicted molar refractivity (Wildman–Crippen MR) is 99.9 cm³/mol. The summed E-state index contributed by atoms with van der Waals surface area (Å²) in [5, 5.41) is 2.97. The number of benzene rings is 2. The van der Waals surface area contributed by atoms with Gasteiger partial charge in [0, 0.05) is 0 Å². The molecule has 134 valence electrons. The highest BCUT2D eigenvalue weighted by Gasteiger charge is 2.22. The second-order valence-electron chi connectivity index (χ2n) is 6.91. The molecule has 2 aromatic carbocycles. The number of carbonyl (C=O) groups excluding carboxylic acids is 1. The Morgan fingerprint density at radius 1 is 1.04 bits per heavy atom. The first-order valence-electron chi connectivity index (χ1n) is 8.66. The molecule has 1 amide bonds. The Hall–Kier alpha value is -2.49. The van der Waals surface area contributed by atoms with Crippen molar-refractivity contribution in [1.82, 2.24) is 5.32 Å². The molecule has 0 bridgehead atoms. The molecule has 4 nitrogen and oxygen atoms in total. The first-order chi connectivity index (χ1) is 11.9. The van der Waals surface area contributed by atoms with Crippen molar-refractivity contribution >= 4 is 6.09 Å². The van der Waals surface area contributed by atoms with Crippen LogP contribution < -0.4 is 10.1 Å². The molecular weight excluding hydrogens is 314 g/mol. The van der Waals surface area contributed by atoms with Gasteiger partial charge in [0.15, 0.2) is 0 Å². The van der Waals surface area contributed by atoms with Crippen molar-refractivity contribution in [2.45, 2.75) is 45.8 Å². The van der Waals surface area contributed by atoms with E-state index >= 15 is 0 Å². The quantitative estimate of drug-likeness (QED) is 0.796. The largest absolute Gasteiger partial charge is 0.494 e. The van der Waals surface area contributed by atoms with E-state index in [9.17, 15) is 4.79 Å². The topological polar surface area (TPSA) is 47.6 Å². The summed E-state index contributed by atoms with van der Waals surface area (Å²) < 4.78 is 11.1. The Labute approximate surface area is 150 Å². The number of hydrogen-bond donors (Lipinski definition) is 1. The standard InChI is InChI=1S/C21H27NO3/c1-5-14-24-18-13-9-12-17(15-18)19(16-10-7-6-8-11-16)22-20(23)25-21(2,3)4/h6-13,15,19H,5,14H2,1-4H3,(H,22,23). The number of hydrogen-bond acceptors (Lipinski definition) is 3. The molecule has 2 aromatic rings. The predicted octanol–water partition coefficient (Wildman–Crippen LogP) is 5.09. The molecule has 4 heteroatoms. The molecule has 1 N–H and O–H groups in total. The highest BCUT2D eigenvalue weighted by Crippen LogP contribution is 2.26. The van der Waals surface area contributed by atoms with Gasteiger partial charge in [0.05, 0.1) is 12.6 Å². The smallest absolute Gasteiger partial charge is 0.408 e. The molecular formula is C21H27NO3. The van der Waals surface area contributed by atoms with Gasteiger partial charge in [-0.1, -0.05) is 49.4 Å². The van der Waals surface area contributed by atoms with Crippen molar-refractivity contribution in [1.29, 1.82) is 0 Å². The van der Waals surface area contributed by atoms with Gasteiger partial charge in [-0.15, -0.1) is 0 Å². The van der Waals surface area contributed by atoms with Crippen molar-refractivity contribution in [2.24, 2.45) is 0 Å². The third-order valence-electron chi connectivity index (χ3n) is 3.46. The highest BCUT2D eigenvalue weighted by atomic mass is 16.6. The van der Waals surface area contributed by atoms with E-state index in [0.29, 0.717) is 6.61 Å². The molecule has 0 aliphatic rings. The molecule has 0 aliphatic heterocycles. The summed E-state index contributed by atoms with van der Waals surface area (Å²) in [6.07, 6.45) is 0.504. The fourth-order valence-corrected chi connectivity index (χ4v) is 2.43. The van der Waals surface area contributed by atoms with Gasteiger partial charge < -0.3 is 14.8 Å². The molecule has 1 atom stereocenters. The monoisotopic (exact) mass is 341 g/mol. The molecule has 0 heterocycles. The molecule has 25 heavy (non-hydrogen) atoms. The van der Waals surface area contributed by atoms with Crippen LogP contribution in [-0.4, -0.2) is 18.3 Å². The minimum absolute atomic E-state index is 0.304. The maximum atomic E-state index is 12.3. The third-order valence-corrected chi connectivity index (χ3v) is 3.46. The van der Waals surface area contributed by atoms with Crippen molar-refractivity contribution in [3.8, 4) is 5.75 Å². The molecule has 0 saturated carbocycles. The fourth-order valence-electron chi connectivity index (χ4n) is 2.43. The summed E-state index contributed by atoms with van der Waals surface area (Å²) >= 11 is 0.